The summed E-state index contributed by atoms with van der Waals surface area (Å²) in [6, 6.07) is 72.9. The Hall–Kier alpha value is -8.41. The van der Waals surface area contributed by atoms with Crippen molar-refractivity contribution in [3.63, 3.8) is 0 Å². The van der Waals surface area contributed by atoms with Gasteiger partial charge >= 0.3 is 0 Å². The summed E-state index contributed by atoms with van der Waals surface area (Å²) in [6.45, 7) is 0. The first kappa shape index (κ1) is 34.5. The third kappa shape index (κ3) is 5.52. The minimum Gasteiger partial charge on any atom is -0.455 e. The van der Waals surface area contributed by atoms with Crippen LogP contribution in [-0.4, -0.2) is 19.5 Å². The van der Waals surface area contributed by atoms with Crippen LogP contribution in [-0.2, 0) is 0 Å². The van der Waals surface area contributed by atoms with E-state index in [0.717, 1.165) is 77.2 Å². The fourth-order valence-electron chi connectivity index (χ4n) is 9.32. The number of para-hydroxylation sites is 1. The molecule has 0 atom stereocenters. The second-order valence-electron chi connectivity index (χ2n) is 16.1. The molecule has 13 aromatic rings. The molecule has 13 rings (SSSR count). The van der Waals surface area contributed by atoms with Crippen LogP contribution in [0.1, 0.15) is 0 Å². The maximum atomic E-state index is 6.82. The van der Waals surface area contributed by atoms with Gasteiger partial charge in [0, 0.05) is 38.4 Å². The maximum Gasteiger partial charge on any atom is 0.167 e. The standard InChI is InChI=1S/C57H34N4O/c1-2-13-35(14-3-1)38-21-12-22-43(27-38)55-58-56(44-26-25-36-15-4-5-16-37(36)28-44)60-57(59-55)50-34-45(33-49-46-23-10-11-24-53(46)62-54(49)50)61-51-31-41-19-8-6-17-39(41)29-47(51)48-30-40-18-7-9-20-42(40)32-52(48)61/h1-34H. The number of nitrogens with zero attached hydrogens (tertiary/aromatic N) is 4. The van der Waals surface area contributed by atoms with Gasteiger partial charge in [0.25, 0.3) is 0 Å². The molecule has 3 heterocycles. The van der Waals surface area contributed by atoms with Gasteiger partial charge in [-0.3, -0.25) is 0 Å². The fourth-order valence-corrected chi connectivity index (χ4v) is 9.32. The second kappa shape index (κ2) is 13.6. The Kier molecular flexibility index (Phi) is 7.54. The zero-order valence-corrected chi connectivity index (χ0v) is 33.3. The number of aromatic nitrogens is 4. The zero-order chi connectivity index (χ0) is 40.7. The molecule has 3 aromatic heterocycles. The van der Waals surface area contributed by atoms with Crippen LogP contribution in [0.15, 0.2) is 211 Å². The quantitative estimate of drug-likeness (QED) is 0.174. The van der Waals surface area contributed by atoms with E-state index in [9.17, 15) is 0 Å². The zero-order valence-electron chi connectivity index (χ0n) is 33.3. The molecule has 0 aliphatic rings. The van der Waals surface area contributed by atoms with E-state index in [2.05, 4.69) is 193 Å². The van der Waals surface area contributed by atoms with Crippen molar-refractivity contribution in [3.8, 4) is 51.0 Å². The Morgan fingerprint density at radius 2 is 0.855 bits per heavy atom. The lowest BCUT2D eigenvalue weighted by Gasteiger charge is -2.13. The molecule has 62 heavy (non-hydrogen) atoms. The van der Waals surface area contributed by atoms with Crippen LogP contribution in [0.5, 0.6) is 0 Å². The highest BCUT2D eigenvalue weighted by Gasteiger charge is 2.22. The third-order valence-corrected chi connectivity index (χ3v) is 12.3. The van der Waals surface area contributed by atoms with E-state index in [1.165, 1.54) is 32.3 Å². The molecule has 0 aliphatic heterocycles. The summed E-state index contributed by atoms with van der Waals surface area (Å²) in [5.41, 5.74) is 9.58. The van der Waals surface area contributed by atoms with Gasteiger partial charge < -0.3 is 8.98 Å². The van der Waals surface area contributed by atoms with Gasteiger partial charge in [0.05, 0.1) is 16.6 Å². The Bertz CT molecular complexity index is 3840. The average Bonchev–Trinajstić information content (AvgIpc) is 3.86. The topological polar surface area (TPSA) is 56.7 Å². The van der Waals surface area contributed by atoms with Gasteiger partial charge in [-0.15, -0.1) is 0 Å². The van der Waals surface area contributed by atoms with Crippen molar-refractivity contribution in [2.45, 2.75) is 0 Å². The van der Waals surface area contributed by atoms with E-state index in [4.69, 9.17) is 19.4 Å². The van der Waals surface area contributed by atoms with E-state index in [1.54, 1.807) is 0 Å². The van der Waals surface area contributed by atoms with Crippen LogP contribution < -0.4 is 0 Å². The molecule has 0 amide bonds. The summed E-state index contributed by atoms with van der Waals surface area (Å²) >= 11 is 0. The van der Waals surface area contributed by atoms with Gasteiger partial charge in [0.1, 0.15) is 11.2 Å². The highest BCUT2D eigenvalue weighted by Crippen LogP contribution is 2.42. The van der Waals surface area contributed by atoms with E-state index in [0.29, 0.717) is 17.5 Å². The number of benzene rings is 10. The molecule has 0 bridgehead atoms. The van der Waals surface area contributed by atoms with Gasteiger partial charge in [0.2, 0.25) is 0 Å². The van der Waals surface area contributed by atoms with Crippen LogP contribution in [0.3, 0.4) is 0 Å². The predicted octanol–water partition coefficient (Wildman–Crippen LogP) is 15.0. The highest BCUT2D eigenvalue weighted by molar-refractivity contribution is 6.17. The lowest BCUT2D eigenvalue weighted by atomic mass is 10.0. The molecule has 0 saturated heterocycles. The van der Waals surface area contributed by atoms with Crippen molar-refractivity contribution >= 4 is 76.1 Å². The van der Waals surface area contributed by atoms with Gasteiger partial charge in [-0.05, 0) is 98.0 Å². The van der Waals surface area contributed by atoms with Crippen molar-refractivity contribution in [2.24, 2.45) is 0 Å². The maximum absolute atomic E-state index is 6.82. The fraction of sp³-hybridized carbons (Fsp3) is 0. The number of fused-ring (bicyclic) bond motifs is 9. The minimum atomic E-state index is 0.533. The van der Waals surface area contributed by atoms with E-state index in [-0.39, 0.29) is 0 Å². The first-order valence-corrected chi connectivity index (χ1v) is 20.9. The average molecular weight is 791 g/mol. The first-order chi connectivity index (χ1) is 30.7. The van der Waals surface area contributed by atoms with Crippen molar-refractivity contribution < 1.29 is 4.42 Å². The third-order valence-electron chi connectivity index (χ3n) is 12.3. The Morgan fingerprint density at radius 1 is 0.323 bits per heavy atom. The molecule has 0 spiro atoms. The Morgan fingerprint density at radius 3 is 1.55 bits per heavy atom. The molecule has 5 nitrogen and oxygen atoms in total. The van der Waals surface area contributed by atoms with Crippen LogP contribution >= 0.6 is 0 Å². The summed E-state index contributed by atoms with van der Waals surface area (Å²) in [5, 5.41) is 11.5. The molecule has 10 aromatic carbocycles. The van der Waals surface area contributed by atoms with Crippen LogP contribution in [0, 0.1) is 0 Å². The Labute approximate surface area is 355 Å². The van der Waals surface area contributed by atoms with Crippen molar-refractivity contribution in [3.05, 3.63) is 206 Å². The van der Waals surface area contributed by atoms with Gasteiger partial charge in [-0.25, -0.2) is 15.0 Å². The number of hydrogen-bond acceptors (Lipinski definition) is 4. The molecule has 0 fully saturated rings. The first-order valence-electron chi connectivity index (χ1n) is 20.9. The monoisotopic (exact) mass is 790 g/mol. The second-order valence-corrected chi connectivity index (χ2v) is 16.1. The largest absolute Gasteiger partial charge is 0.455 e. The van der Waals surface area contributed by atoms with Gasteiger partial charge in [-0.2, -0.15) is 0 Å². The smallest absolute Gasteiger partial charge is 0.167 e. The highest BCUT2D eigenvalue weighted by atomic mass is 16.3. The van der Waals surface area contributed by atoms with Crippen molar-refractivity contribution in [1.29, 1.82) is 0 Å². The molecular formula is C57H34N4O. The van der Waals surface area contributed by atoms with Crippen LogP contribution in [0.4, 0.5) is 0 Å². The van der Waals surface area contributed by atoms with Crippen LogP contribution in [0.2, 0.25) is 0 Å². The molecule has 288 valence electrons. The summed E-state index contributed by atoms with van der Waals surface area (Å²) in [4.78, 5) is 15.9. The molecule has 0 unspecified atom stereocenters. The van der Waals surface area contributed by atoms with Gasteiger partial charge in [0.15, 0.2) is 17.5 Å². The SMILES string of the molecule is c1ccc(-c2cccc(-c3nc(-c4ccc5ccccc5c4)nc(-c4cc(-n5c6cc7ccccc7cc6c6cc7ccccc7cc65)cc5c4oc4ccccc45)n3)c2)cc1. The van der Waals surface area contributed by atoms with Crippen LogP contribution in [0.25, 0.3) is 127 Å². The molecule has 0 saturated carbocycles. The predicted molar refractivity (Wildman–Crippen MR) is 256 cm³/mol. The van der Waals surface area contributed by atoms with E-state index >= 15 is 0 Å². The molecule has 0 aliphatic carbocycles. The minimum absolute atomic E-state index is 0.533. The number of rotatable bonds is 5. The van der Waals surface area contributed by atoms with E-state index < -0.39 is 0 Å². The molecular weight excluding hydrogens is 757 g/mol. The lowest BCUT2D eigenvalue weighted by Crippen LogP contribution is -2.02. The van der Waals surface area contributed by atoms with Crippen molar-refractivity contribution in [1.82, 2.24) is 19.5 Å². The van der Waals surface area contributed by atoms with Gasteiger partial charge in [-0.1, -0.05) is 152 Å². The Balaban J connectivity index is 1.12. The molecule has 0 radical (unpaired) electrons. The number of hydrogen-bond donors (Lipinski definition) is 0. The summed E-state index contributed by atoms with van der Waals surface area (Å²) in [7, 11) is 0. The number of furan rings is 1. The lowest BCUT2D eigenvalue weighted by molar-refractivity contribution is 0.669. The molecule has 0 N–H and O–H groups in total. The normalized spacial score (nSPS) is 11.9. The van der Waals surface area contributed by atoms with E-state index in [1.807, 2.05) is 18.2 Å². The summed E-state index contributed by atoms with van der Waals surface area (Å²) in [6.07, 6.45) is 0. The van der Waals surface area contributed by atoms with Crippen molar-refractivity contribution in [2.75, 3.05) is 0 Å². The summed E-state index contributed by atoms with van der Waals surface area (Å²) < 4.78 is 9.22. The summed E-state index contributed by atoms with van der Waals surface area (Å²) in [5.74, 6) is 1.71. The molecule has 5 heteroatoms.